The van der Waals surface area contributed by atoms with Gasteiger partial charge in [0.05, 0.1) is 10.7 Å². The van der Waals surface area contributed by atoms with Gasteiger partial charge in [0.1, 0.15) is 6.33 Å². The molecule has 1 N–H and O–H groups in total. The van der Waals surface area contributed by atoms with E-state index in [1.165, 1.54) is 17.8 Å². The molecular formula is C15H19N5O3S. The van der Waals surface area contributed by atoms with E-state index in [1.807, 2.05) is 25.3 Å². The maximum atomic E-state index is 12.1. The number of nitro benzene ring substituents is 1. The second-order valence-electron chi connectivity index (χ2n) is 5.41. The number of amides is 1. The normalized spacial score (nSPS) is 10.8. The van der Waals surface area contributed by atoms with Gasteiger partial charge in [0.15, 0.2) is 5.16 Å². The Morgan fingerprint density at radius 1 is 1.46 bits per heavy atom. The Hall–Kier alpha value is -2.42. The second kappa shape index (κ2) is 7.91. The molecular weight excluding hydrogens is 330 g/mol. The predicted octanol–water partition coefficient (Wildman–Crippen LogP) is 3.06. The van der Waals surface area contributed by atoms with E-state index in [0.29, 0.717) is 22.8 Å². The van der Waals surface area contributed by atoms with E-state index in [4.69, 9.17) is 0 Å². The first-order valence-electron chi connectivity index (χ1n) is 7.51. The molecule has 128 valence electrons. The van der Waals surface area contributed by atoms with Gasteiger partial charge in [0.2, 0.25) is 5.91 Å². The molecule has 1 aromatic heterocycles. The van der Waals surface area contributed by atoms with Gasteiger partial charge in [-0.2, -0.15) is 0 Å². The van der Waals surface area contributed by atoms with Crippen molar-refractivity contribution in [2.75, 3.05) is 11.1 Å². The molecule has 0 saturated carbocycles. The van der Waals surface area contributed by atoms with Crippen LogP contribution in [0.2, 0.25) is 0 Å². The van der Waals surface area contributed by atoms with Gasteiger partial charge in [-0.3, -0.25) is 14.9 Å². The first-order chi connectivity index (χ1) is 11.4. The van der Waals surface area contributed by atoms with Gasteiger partial charge in [-0.15, -0.1) is 10.2 Å². The molecule has 0 saturated heterocycles. The van der Waals surface area contributed by atoms with Crippen molar-refractivity contribution in [1.29, 1.82) is 0 Å². The fourth-order valence-corrected chi connectivity index (χ4v) is 2.97. The van der Waals surface area contributed by atoms with E-state index in [-0.39, 0.29) is 23.4 Å². The Balaban J connectivity index is 2.01. The van der Waals surface area contributed by atoms with Gasteiger partial charge in [-0.1, -0.05) is 24.8 Å². The lowest BCUT2D eigenvalue weighted by molar-refractivity contribution is -0.385. The van der Waals surface area contributed by atoms with E-state index >= 15 is 0 Å². The zero-order chi connectivity index (χ0) is 17.7. The smallest absolute Gasteiger partial charge is 0.274 e. The highest BCUT2D eigenvalue weighted by Gasteiger charge is 2.15. The number of aromatic nitrogens is 3. The topological polar surface area (TPSA) is 103 Å². The summed E-state index contributed by atoms with van der Waals surface area (Å²) in [5, 5.41) is 22.2. The van der Waals surface area contributed by atoms with Crippen LogP contribution in [0.5, 0.6) is 0 Å². The summed E-state index contributed by atoms with van der Waals surface area (Å²) in [5.74, 6) is -0.105. The monoisotopic (exact) mass is 349 g/mol. The highest BCUT2D eigenvalue weighted by molar-refractivity contribution is 7.99. The minimum atomic E-state index is -0.436. The summed E-state index contributed by atoms with van der Waals surface area (Å²) in [6.45, 7) is 5.85. The van der Waals surface area contributed by atoms with Crippen molar-refractivity contribution in [3.05, 3.63) is 40.2 Å². The molecule has 0 radical (unpaired) electrons. The fraction of sp³-hybridized carbons (Fsp3) is 0.400. The highest BCUT2D eigenvalue weighted by Crippen LogP contribution is 2.24. The number of rotatable bonds is 7. The Labute approximate surface area is 143 Å². The SMILES string of the molecule is CCc1ccc(NC(=O)CSc2nncn2C(C)C)cc1[N+](=O)[O-]. The predicted molar refractivity (Wildman–Crippen MR) is 92.2 cm³/mol. The molecule has 1 aromatic carbocycles. The lowest BCUT2D eigenvalue weighted by atomic mass is 10.1. The lowest BCUT2D eigenvalue weighted by Gasteiger charge is -2.09. The molecule has 0 aliphatic heterocycles. The molecule has 0 aliphatic carbocycles. The first kappa shape index (κ1) is 17.9. The van der Waals surface area contributed by atoms with E-state index < -0.39 is 4.92 Å². The number of aryl methyl sites for hydroxylation is 1. The number of hydrogen-bond donors (Lipinski definition) is 1. The summed E-state index contributed by atoms with van der Waals surface area (Å²) in [6.07, 6.45) is 2.18. The van der Waals surface area contributed by atoms with Gasteiger partial charge in [0, 0.05) is 23.4 Å². The van der Waals surface area contributed by atoms with Crippen LogP contribution in [0, 0.1) is 10.1 Å². The molecule has 0 spiro atoms. The molecule has 0 aliphatic rings. The van der Waals surface area contributed by atoms with Crippen molar-refractivity contribution in [2.24, 2.45) is 0 Å². The Kier molecular flexibility index (Phi) is 5.91. The molecule has 24 heavy (non-hydrogen) atoms. The quantitative estimate of drug-likeness (QED) is 0.468. The first-order valence-corrected chi connectivity index (χ1v) is 8.50. The standard InChI is InChI=1S/C15H19N5O3S/c1-4-11-5-6-12(7-13(11)20(22)23)17-14(21)8-24-15-18-16-9-19(15)10(2)3/h5-7,9-10H,4,8H2,1-3H3,(H,17,21). The third kappa shape index (κ3) is 4.31. The molecule has 1 heterocycles. The Bertz CT molecular complexity index is 744. The molecule has 2 rings (SSSR count). The van der Waals surface area contributed by atoms with Crippen molar-refractivity contribution in [2.45, 2.75) is 38.4 Å². The summed E-state index contributed by atoms with van der Waals surface area (Å²) in [6, 6.07) is 4.93. The lowest BCUT2D eigenvalue weighted by Crippen LogP contribution is -2.15. The summed E-state index contributed by atoms with van der Waals surface area (Å²) in [4.78, 5) is 22.7. The third-order valence-electron chi connectivity index (χ3n) is 3.38. The summed E-state index contributed by atoms with van der Waals surface area (Å²) >= 11 is 1.27. The Morgan fingerprint density at radius 2 is 2.21 bits per heavy atom. The minimum Gasteiger partial charge on any atom is -0.325 e. The van der Waals surface area contributed by atoms with Crippen LogP contribution >= 0.6 is 11.8 Å². The van der Waals surface area contributed by atoms with Crippen LogP contribution in [-0.2, 0) is 11.2 Å². The number of nitro groups is 1. The molecule has 0 unspecified atom stereocenters. The van der Waals surface area contributed by atoms with Crippen LogP contribution in [0.3, 0.4) is 0 Å². The zero-order valence-corrected chi connectivity index (χ0v) is 14.5. The van der Waals surface area contributed by atoms with Crippen molar-refractivity contribution in [3.63, 3.8) is 0 Å². The maximum Gasteiger partial charge on any atom is 0.274 e. The van der Waals surface area contributed by atoms with Crippen LogP contribution < -0.4 is 5.32 Å². The largest absolute Gasteiger partial charge is 0.325 e. The molecule has 0 bridgehead atoms. The van der Waals surface area contributed by atoms with Crippen LogP contribution in [-0.4, -0.2) is 31.3 Å². The van der Waals surface area contributed by atoms with Gasteiger partial charge >= 0.3 is 0 Å². The summed E-state index contributed by atoms with van der Waals surface area (Å²) in [7, 11) is 0. The van der Waals surface area contributed by atoms with Crippen LogP contribution in [0.15, 0.2) is 29.7 Å². The van der Waals surface area contributed by atoms with Gasteiger partial charge in [-0.25, -0.2) is 0 Å². The average Bonchev–Trinajstić information content (AvgIpc) is 3.01. The highest BCUT2D eigenvalue weighted by atomic mass is 32.2. The molecule has 1 amide bonds. The zero-order valence-electron chi connectivity index (χ0n) is 13.7. The van der Waals surface area contributed by atoms with E-state index in [9.17, 15) is 14.9 Å². The summed E-state index contributed by atoms with van der Waals surface area (Å²) < 4.78 is 1.87. The number of carbonyl (C=O) groups is 1. The van der Waals surface area contributed by atoms with Crippen LogP contribution in [0.25, 0.3) is 0 Å². The van der Waals surface area contributed by atoms with Crippen LogP contribution in [0.4, 0.5) is 11.4 Å². The summed E-state index contributed by atoms with van der Waals surface area (Å²) in [5.41, 5.74) is 1.06. The molecule has 8 nitrogen and oxygen atoms in total. The molecule has 9 heteroatoms. The third-order valence-corrected chi connectivity index (χ3v) is 4.33. The van der Waals surface area contributed by atoms with Crippen molar-refractivity contribution >= 4 is 29.0 Å². The van der Waals surface area contributed by atoms with Crippen LogP contribution in [0.1, 0.15) is 32.4 Å². The number of benzene rings is 1. The average molecular weight is 349 g/mol. The maximum absolute atomic E-state index is 12.1. The van der Waals surface area contributed by atoms with Gasteiger partial charge in [0.25, 0.3) is 5.69 Å². The van der Waals surface area contributed by atoms with E-state index in [0.717, 1.165) is 0 Å². The van der Waals surface area contributed by atoms with Crippen molar-refractivity contribution in [3.8, 4) is 0 Å². The van der Waals surface area contributed by atoms with Gasteiger partial charge in [-0.05, 0) is 26.3 Å². The number of anilines is 1. The van der Waals surface area contributed by atoms with E-state index in [2.05, 4.69) is 15.5 Å². The second-order valence-corrected chi connectivity index (χ2v) is 6.35. The van der Waals surface area contributed by atoms with E-state index in [1.54, 1.807) is 18.5 Å². The van der Waals surface area contributed by atoms with Crippen molar-refractivity contribution in [1.82, 2.24) is 14.8 Å². The fourth-order valence-electron chi connectivity index (χ4n) is 2.13. The molecule has 0 atom stereocenters. The molecule has 2 aromatic rings. The van der Waals surface area contributed by atoms with Crippen molar-refractivity contribution < 1.29 is 9.72 Å². The number of nitrogens with zero attached hydrogens (tertiary/aromatic N) is 4. The number of carbonyl (C=O) groups excluding carboxylic acids is 1. The number of nitrogens with one attached hydrogen (secondary N) is 1. The minimum absolute atomic E-state index is 0.0162. The Morgan fingerprint density at radius 3 is 2.83 bits per heavy atom. The number of thioether (sulfide) groups is 1. The number of hydrogen-bond acceptors (Lipinski definition) is 6. The van der Waals surface area contributed by atoms with Gasteiger partial charge < -0.3 is 9.88 Å². The molecule has 0 fully saturated rings.